The van der Waals surface area contributed by atoms with E-state index in [1.165, 1.54) is 5.56 Å². The van der Waals surface area contributed by atoms with Gasteiger partial charge in [0.05, 0.1) is 6.61 Å². The molecule has 0 aliphatic rings. The Hall–Kier alpha value is -1.12. The van der Waals surface area contributed by atoms with Crippen LogP contribution in [0.4, 0.5) is 0 Å². The van der Waals surface area contributed by atoms with Crippen molar-refractivity contribution in [3.8, 4) is 0 Å². The molecule has 1 rings (SSSR count). The Bertz CT molecular complexity index is 219. The molecule has 0 aromatic heterocycles. The van der Waals surface area contributed by atoms with Crippen molar-refractivity contribution >= 4 is 0 Å². The van der Waals surface area contributed by atoms with Gasteiger partial charge in [-0.25, -0.2) is 0 Å². The van der Waals surface area contributed by atoms with Crippen LogP contribution in [-0.4, -0.2) is 18.8 Å². The van der Waals surface area contributed by atoms with Crippen LogP contribution in [0.2, 0.25) is 0 Å². The van der Waals surface area contributed by atoms with E-state index in [-0.39, 0.29) is 6.61 Å². The summed E-state index contributed by atoms with van der Waals surface area (Å²) >= 11 is 0. The third-order valence-electron chi connectivity index (χ3n) is 1.49. The van der Waals surface area contributed by atoms with Crippen molar-refractivity contribution in [2.24, 2.45) is 0 Å². The van der Waals surface area contributed by atoms with Crippen molar-refractivity contribution in [1.29, 1.82) is 0 Å². The van der Waals surface area contributed by atoms with Crippen molar-refractivity contribution < 1.29 is 9.84 Å². The van der Waals surface area contributed by atoms with Gasteiger partial charge in [0.2, 0.25) is 0 Å². The Labute approximate surface area is 85.8 Å². The van der Waals surface area contributed by atoms with E-state index in [1.54, 1.807) is 13.2 Å². The third-order valence-corrected chi connectivity index (χ3v) is 1.49. The van der Waals surface area contributed by atoms with Crippen LogP contribution in [0.5, 0.6) is 0 Å². The molecular formula is C12H18O2. The standard InChI is InChI=1S/C8H10O.C4H8O/c1-9-7-8-5-3-2-4-6-8;1-2-3-4-5/h2-6H,7H2,1H3;2,5H,1,3-4H2. The largest absolute Gasteiger partial charge is 0.396 e. The van der Waals surface area contributed by atoms with E-state index in [1.807, 2.05) is 30.3 Å². The fourth-order valence-electron chi connectivity index (χ4n) is 0.832. The maximum absolute atomic E-state index is 8.00. The van der Waals surface area contributed by atoms with Crippen molar-refractivity contribution in [3.05, 3.63) is 48.6 Å². The Kier molecular flexibility index (Phi) is 9.17. The van der Waals surface area contributed by atoms with Crippen LogP contribution in [0.1, 0.15) is 12.0 Å². The lowest BCUT2D eigenvalue weighted by Crippen LogP contribution is -1.84. The molecule has 1 aromatic carbocycles. The molecule has 0 aliphatic carbocycles. The quantitative estimate of drug-likeness (QED) is 0.746. The van der Waals surface area contributed by atoms with Crippen molar-refractivity contribution in [2.45, 2.75) is 13.0 Å². The van der Waals surface area contributed by atoms with Gasteiger partial charge in [0.25, 0.3) is 0 Å². The lowest BCUT2D eigenvalue weighted by Gasteiger charge is -1.95. The first-order chi connectivity index (χ1) is 6.85. The zero-order valence-electron chi connectivity index (χ0n) is 8.65. The summed E-state index contributed by atoms with van der Waals surface area (Å²) in [6.45, 7) is 4.33. The van der Waals surface area contributed by atoms with E-state index < -0.39 is 0 Å². The number of hydrogen-bond acceptors (Lipinski definition) is 2. The highest BCUT2D eigenvalue weighted by Crippen LogP contribution is 1.98. The predicted molar refractivity (Wildman–Crippen MR) is 59.1 cm³/mol. The molecular weight excluding hydrogens is 176 g/mol. The van der Waals surface area contributed by atoms with E-state index in [2.05, 4.69) is 6.58 Å². The molecule has 0 unspecified atom stereocenters. The Balaban J connectivity index is 0.000000292. The highest BCUT2D eigenvalue weighted by atomic mass is 16.5. The summed E-state index contributed by atoms with van der Waals surface area (Å²) in [5, 5.41) is 8.00. The van der Waals surface area contributed by atoms with Crippen LogP contribution < -0.4 is 0 Å². The van der Waals surface area contributed by atoms with E-state index in [4.69, 9.17) is 9.84 Å². The fraction of sp³-hybridized carbons (Fsp3) is 0.333. The molecule has 0 spiro atoms. The van der Waals surface area contributed by atoms with Crippen LogP contribution >= 0.6 is 0 Å². The van der Waals surface area contributed by atoms with Crippen LogP contribution in [0, 0.1) is 0 Å². The summed E-state index contributed by atoms with van der Waals surface area (Å²) < 4.78 is 4.93. The second kappa shape index (κ2) is 9.96. The molecule has 0 saturated carbocycles. The third kappa shape index (κ3) is 7.53. The van der Waals surface area contributed by atoms with Gasteiger partial charge in [-0.05, 0) is 12.0 Å². The summed E-state index contributed by atoms with van der Waals surface area (Å²) in [6.07, 6.45) is 2.39. The van der Waals surface area contributed by atoms with Gasteiger partial charge in [0, 0.05) is 13.7 Å². The highest BCUT2D eigenvalue weighted by Gasteiger charge is 1.84. The van der Waals surface area contributed by atoms with Crippen molar-refractivity contribution in [2.75, 3.05) is 13.7 Å². The molecule has 0 radical (unpaired) electrons. The lowest BCUT2D eigenvalue weighted by molar-refractivity contribution is 0.185. The number of ether oxygens (including phenoxy) is 1. The number of benzene rings is 1. The van der Waals surface area contributed by atoms with Gasteiger partial charge in [-0.1, -0.05) is 36.4 Å². The van der Waals surface area contributed by atoms with E-state index in [0.717, 1.165) is 0 Å². The number of methoxy groups -OCH3 is 1. The van der Waals surface area contributed by atoms with Gasteiger partial charge < -0.3 is 9.84 Å². The molecule has 2 nitrogen and oxygen atoms in total. The molecule has 0 atom stereocenters. The van der Waals surface area contributed by atoms with Crippen LogP contribution in [0.3, 0.4) is 0 Å². The second-order valence-electron chi connectivity index (χ2n) is 2.72. The molecule has 0 saturated heterocycles. The monoisotopic (exact) mass is 194 g/mol. The topological polar surface area (TPSA) is 29.5 Å². The zero-order valence-corrected chi connectivity index (χ0v) is 8.65. The van der Waals surface area contributed by atoms with Gasteiger partial charge >= 0.3 is 0 Å². The molecule has 0 fully saturated rings. The SMILES string of the molecule is C=CCCO.COCc1ccccc1. The Morgan fingerprint density at radius 3 is 2.36 bits per heavy atom. The summed E-state index contributed by atoms with van der Waals surface area (Å²) in [7, 11) is 1.70. The number of rotatable bonds is 4. The Morgan fingerprint density at radius 2 is 2.00 bits per heavy atom. The molecule has 0 heterocycles. The van der Waals surface area contributed by atoms with Crippen LogP contribution in [-0.2, 0) is 11.3 Å². The van der Waals surface area contributed by atoms with Gasteiger partial charge in [-0.15, -0.1) is 6.58 Å². The molecule has 0 amide bonds. The molecule has 0 bridgehead atoms. The molecule has 1 aromatic rings. The average molecular weight is 194 g/mol. The fourth-order valence-corrected chi connectivity index (χ4v) is 0.832. The predicted octanol–water partition coefficient (Wildman–Crippen LogP) is 2.39. The lowest BCUT2D eigenvalue weighted by atomic mass is 10.2. The summed E-state index contributed by atoms with van der Waals surface area (Å²) in [5.41, 5.74) is 1.22. The van der Waals surface area contributed by atoms with Crippen LogP contribution in [0.15, 0.2) is 43.0 Å². The second-order valence-corrected chi connectivity index (χ2v) is 2.72. The van der Waals surface area contributed by atoms with Gasteiger partial charge in [-0.2, -0.15) is 0 Å². The smallest absolute Gasteiger partial charge is 0.0713 e. The van der Waals surface area contributed by atoms with E-state index >= 15 is 0 Å². The van der Waals surface area contributed by atoms with Gasteiger partial charge in [-0.3, -0.25) is 0 Å². The maximum atomic E-state index is 8.00. The maximum Gasteiger partial charge on any atom is 0.0713 e. The van der Waals surface area contributed by atoms with Gasteiger partial charge in [0.15, 0.2) is 0 Å². The molecule has 78 valence electrons. The minimum absolute atomic E-state index is 0.226. The van der Waals surface area contributed by atoms with E-state index in [9.17, 15) is 0 Å². The first kappa shape index (κ1) is 12.9. The molecule has 0 aliphatic heterocycles. The number of aliphatic hydroxyl groups excluding tert-OH is 1. The zero-order chi connectivity index (χ0) is 10.6. The highest BCUT2D eigenvalue weighted by molar-refractivity contribution is 5.13. The number of aliphatic hydroxyl groups is 1. The van der Waals surface area contributed by atoms with E-state index in [0.29, 0.717) is 13.0 Å². The van der Waals surface area contributed by atoms with Crippen molar-refractivity contribution in [1.82, 2.24) is 0 Å². The van der Waals surface area contributed by atoms with Crippen LogP contribution in [0.25, 0.3) is 0 Å². The molecule has 2 heteroatoms. The minimum Gasteiger partial charge on any atom is -0.396 e. The normalized spacial score (nSPS) is 8.71. The first-order valence-electron chi connectivity index (χ1n) is 4.59. The summed E-state index contributed by atoms with van der Waals surface area (Å²) in [5.74, 6) is 0. The minimum atomic E-state index is 0.226. The summed E-state index contributed by atoms with van der Waals surface area (Å²) in [4.78, 5) is 0. The Morgan fingerprint density at radius 1 is 1.36 bits per heavy atom. The van der Waals surface area contributed by atoms with Gasteiger partial charge in [0.1, 0.15) is 0 Å². The summed E-state index contributed by atoms with van der Waals surface area (Å²) in [6, 6.07) is 10.1. The van der Waals surface area contributed by atoms with Crippen molar-refractivity contribution in [3.63, 3.8) is 0 Å². The molecule has 1 N–H and O–H groups in total. The average Bonchev–Trinajstić information content (AvgIpc) is 2.22. The first-order valence-corrected chi connectivity index (χ1v) is 4.59. The number of hydrogen-bond donors (Lipinski definition) is 1. The molecule has 14 heavy (non-hydrogen) atoms.